The van der Waals surface area contributed by atoms with E-state index in [4.69, 9.17) is 9.47 Å². The Morgan fingerprint density at radius 1 is 1.13 bits per heavy atom. The van der Waals surface area contributed by atoms with E-state index in [0.717, 1.165) is 41.9 Å². The predicted molar refractivity (Wildman–Crippen MR) is 94.5 cm³/mol. The normalized spacial score (nSPS) is 21.0. The van der Waals surface area contributed by atoms with Gasteiger partial charge < -0.3 is 14.6 Å². The second kappa shape index (κ2) is 8.39. The van der Waals surface area contributed by atoms with Crippen LogP contribution in [0.4, 0.5) is 0 Å². The average Bonchev–Trinajstić information content (AvgIpc) is 2.59. The van der Waals surface area contributed by atoms with Crippen LogP contribution in [-0.4, -0.2) is 25.9 Å². The number of methoxy groups -OCH3 is 2. The molecule has 2 rings (SSSR count). The van der Waals surface area contributed by atoms with E-state index in [0.29, 0.717) is 5.92 Å². The Kier molecular flexibility index (Phi) is 6.52. The van der Waals surface area contributed by atoms with E-state index in [1.807, 2.05) is 0 Å². The van der Waals surface area contributed by atoms with Crippen molar-refractivity contribution in [2.24, 2.45) is 5.92 Å². The molecule has 1 aromatic carbocycles. The van der Waals surface area contributed by atoms with Gasteiger partial charge in [-0.05, 0) is 54.9 Å². The van der Waals surface area contributed by atoms with Crippen molar-refractivity contribution >= 4 is 0 Å². The molecule has 128 valence electrons. The van der Waals surface area contributed by atoms with Crippen LogP contribution in [0.3, 0.4) is 0 Å². The van der Waals surface area contributed by atoms with Crippen LogP contribution in [0.1, 0.15) is 56.6 Å². The Morgan fingerprint density at radius 2 is 1.78 bits per heavy atom. The fraction of sp³-hybridized carbons (Fsp3) is 0.600. The summed E-state index contributed by atoms with van der Waals surface area (Å²) in [6.45, 7) is 4.52. The van der Waals surface area contributed by atoms with Gasteiger partial charge in [-0.2, -0.15) is 0 Å². The largest absolute Gasteiger partial charge is 0.496 e. The Bertz CT molecular complexity index is 523. The molecule has 0 aliphatic heterocycles. The zero-order valence-electron chi connectivity index (χ0n) is 14.9. The number of hydrogen-bond donors (Lipinski definition) is 1. The fourth-order valence-corrected chi connectivity index (χ4v) is 3.44. The molecule has 2 atom stereocenters. The lowest BCUT2D eigenvalue weighted by molar-refractivity contribution is 0.304. The number of aliphatic hydroxyl groups is 1. The number of allylic oxidation sites excluding steroid dienone is 1. The van der Waals surface area contributed by atoms with Crippen molar-refractivity contribution < 1.29 is 14.6 Å². The van der Waals surface area contributed by atoms with E-state index < -0.39 is 0 Å². The molecule has 0 saturated carbocycles. The van der Waals surface area contributed by atoms with Crippen LogP contribution in [-0.2, 0) is 6.42 Å². The lowest BCUT2D eigenvalue weighted by Gasteiger charge is -2.28. The molecule has 0 bridgehead atoms. The molecule has 1 N–H and O–H groups in total. The quantitative estimate of drug-likeness (QED) is 0.753. The molecule has 0 heterocycles. The first-order valence-corrected chi connectivity index (χ1v) is 8.70. The third-order valence-electron chi connectivity index (χ3n) is 4.94. The van der Waals surface area contributed by atoms with Crippen molar-refractivity contribution in [1.29, 1.82) is 0 Å². The maximum Gasteiger partial charge on any atom is 0.126 e. The molecule has 0 aromatic heterocycles. The smallest absolute Gasteiger partial charge is 0.126 e. The summed E-state index contributed by atoms with van der Waals surface area (Å²) in [7, 11) is 3.45. The molecule has 0 amide bonds. The fourth-order valence-electron chi connectivity index (χ4n) is 3.44. The molecule has 1 aliphatic carbocycles. The van der Waals surface area contributed by atoms with Gasteiger partial charge in [0.05, 0.1) is 20.8 Å². The molecule has 2 unspecified atom stereocenters. The van der Waals surface area contributed by atoms with Crippen LogP contribution in [0.5, 0.6) is 11.5 Å². The zero-order chi connectivity index (χ0) is 16.8. The minimum atomic E-state index is 0.136. The number of ether oxygens (including phenoxy) is 2. The van der Waals surface area contributed by atoms with Gasteiger partial charge in [-0.25, -0.2) is 0 Å². The first-order valence-electron chi connectivity index (χ1n) is 8.70. The van der Waals surface area contributed by atoms with Crippen molar-refractivity contribution in [1.82, 2.24) is 0 Å². The molecular weight excluding hydrogens is 288 g/mol. The molecule has 0 spiro atoms. The summed E-state index contributed by atoms with van der Waals surface area (Å²) in [5.74, 6) is 2.52. The monoisotopic (exact) mass is 318 g/mol. The van der Waals surface area contributed by atoms with Crippen LogP contribution in [0.25, 0.3) is 0 Å². The highest BCUT2D eigenvalue weighted by molar-refractivity contribution is 5.52. The highest BCUT2D eigenvalue weighted by Gasteiger charge is 2.26. The van der Waals surface area contributed by atoms with E-state index in [9.17, 15) is 5.11 Å². The Balaban J connectivity index is 2.42. The van der Waals surface area contributed by atoms with Gasteiger partial charge in [0.25, 0.3) is 0 Å². The standard InChI is InChI=1S/C20H30O3/c1-5-6-7-15-10-18(22-3)20(19(11-15)23-4)16-9-8-14(2)17(12-16)13-21/h10-12,14,16,21H,5-9,13H2,1-4H3. The van der Waals surface area contributed by atoms with Crippen LogP contribution >= 0.6 is 0 Å². The maximum atomic E-state index is 9.59. The number of benzene rings is 1. The topological polar surface area (TPSA) is 38.7 Å². The summed E-state index contributed by atoms with van der Waals surface area (Å²) in [5, 5.41) is 9.59. The lowest BCUT2D eigenvalue weighted by Crippen LogP contribution is -2.15. The second-order valence-electron chi connectivity index (χ2n) is 6.50. The summed E-state index contributed by atoms with van der Waals surface area (Å²) in [4.78, 5) is 0. The van der Waals surface area contributed by atoms with E-state index in [2.05, 4.69) is 32.1 Å². The Labute approximate surface area is 140 Å². The van der Waals surface area contributed by atoms with Crippen LogP contribution < -0.4 is 9.47 Å². The lowest BCUT2D eigenvalue weighted by atomic mass is 9.79. The first kappa shape index (κ1) is 17.9. The molecule has 0 fully saturated rings. The third kappa shape index (κ3) is 4.08. The first-order chi connectivity index (χ1) is 11.1. The van der Waals surface area contributed by atoms with E-state index >= 15 is 0 Å². The summed E-state index contributed by atoms with van der Waals surface area (Å²) in [5.41, 5.74) is 3.51. The number of hydrogen-bond acceptors (Lipinski definition) is 3. The van der Waals surface area contributed by atoms with Gasteiger partial charge in [0.2, 0.25) is 0 Å². The Morgan fingerprint density at radius 3 is 2.30 bits per heavy atom. The van der Waals surface area contributed by atoms with Gasteiger partial charge in [0.15, 0.2) is 0 Å². The minimum absolute atomic E-state index is 0.136. The van der Waals surface area contributed by atoms with Crippen molar-refractivity contribution in [3.05, 3.63) is 34.9 Å². The molecule has 1 aliphatic rings. The number of aliphatic hydroxyl groups excluding tert-OH is 1. The van der Waals surface area contributed by atoms with Gasteiger partial charge in [-0.3, -0.25) is 0 Å². The summed E-state index contributed by atoms with van der Waals surface area (Å²) < 4.78 is 11.4. The van der Waals surface area contributed by atoms with Crippen molar-refractivity contribution in [2.75, 3.05) is 20.8 Å². The molecule has 3 nitrogen and oxygen atoms in total. The van der Waals surface area contributed by atoms with Crippen molar-refractivity contribution in [2.45, 2.75) is 51.9 Å². The van der Waals surface area contributed by atoms with Gasteiger partial charge in [0.1, 0.15) is 11.5 Å². The minimum Gasteiger partial charge on any atom is -0.496 e. The van der Waals surface area contributed by atoms with Crippen molar-refractivity contribution in [3.8, 4) is 11.5 Å². The average molecular weight is 318 g/mol. The molecule has 0 radical (unpaired) electrons. The van der Waals surface area contributed by atoms with Gasteiger partial charge in [0, 0.05) is 11.5 Å². The number of rotatable bonds is 7. The third-order valence-corrected chi connectivity index (χ3v) is 4.94. The zero-order valence-corrected chi connectivity index (χ0v) is 14.9. The molecule has 0 saturated heterocycles. The van der Waals surface area contributed by atoms with E-state index in [1.54, 1.807) is 14.2 Å². The number of aryl methyl sites for hydroxylation is 1. The van der Waals surface area contributed by atoms with Gasteiger partial charge in [-0.1, -0.05) is 26.3 Å². The Hall–Kier alpha value is -1.48. The molecule has 1 aromatic rings. The molecule has 3 heteroatoms. The van der Waals surface area contributed by atoms with E-state index in [1.165, 1.54) is 18.4 Å². The highest BCUT2D eigenvalue weighted by Crippen LogP contribution is 2.43. The van der Waals surface area contributed by atoms with Gasteiger partial charge in [-0.15, -0.1) is 0 Å². The molecular formula is C20H30O3. The van der Waals surface area contributed by atoms with Crippen LogP contribution in [0.2, 0.25) is 0 Å². The maximum absolute atomic E-state index is 9.59. The molecule has 23 heavy (non-hydrogen) atoms. The SMILES string of the molecule is CCCCc1cc(OC)c(C2C=C(CO)C(C)CC2)c(OC)c1. The highest BCUT2D eigenvalue weighted by atomic mass is 16.5. The van der Waals surface area contributed by atoms with Crippen LogP contribution in [0, 0.1) is 5.92 Å². The van der Waals surface area contributed by atoms with E-state index in [-0.39, 0.29) is 12.5 Å². The second-order valence-corrected chi connectivity index (χ2v) is 6.50. The summed E-state index contributed by atoms with van der Waals surface area (Å²) >= 11 is 0. The predicted octanol–water partition coefficient (Wildman–Crippen LogP) is 4.48. The van der Waals surface area contributed by atoms with Crippen LogP contribution in [0.15, 0.2) is 23.8 Å². The summed E-state index contributed by atoms with van der Waals surface area (Å²) in [6.07, 6.45) is 7.74. The summed E-state index contributed by atoms with van der Waals surface area (Å²) in [6, 6.07) is 4.30. The van der Waals surface area contributed by atoms with Crippen molar-refractivity contribution in [3.63, 3.8) is 0 Å². The van der Waals surface area contributed by atoms with Gasteiger partial charge >= 0.3 is 0 Å². The number of unbranched alkanes of at least 4 members (excludes halogenated alkanes) is 1.